The molecule has 302 valence electrons. The SMILES string of the molecule is C=C1CC[C@@]23CC4O[C@H]5[C@@H](O2)[C@H]2O[C@H](CC[C@@H]2O[C@H]5[C@H]4O3)CC(=O)O[C@@H]2[C@@H](C)[C@@H]3O[C@H](CCO)[C@H](O)C[C@@H]3O[C@H]2C[C@H]2OC(CC[C@@H]1OC)C[C@@H](C)C2=C. The van der Waals surface area contributed by atoms with E-state index in [2.05, 4.69) is 20.1 Å². The second-order valence-electron chi connectivity index (χ2n) is 17.7. The van der Waals surface area contributed by atoms with E-state index in [9.17, 15) is 15.0 Å². The third-order valence-corrected chi connectivity index (χ3v) is 14.2. The van der Waals surface area contributed by atoms with Crippen LogP contribution < -0.4 is 0 Å². The van der Waals surface area contributed by atoms with Gasteiger partial charge in [0.05, 0.1) is 73.6 Å². The van der Waals surface area contributed by atoms with Gasteiger partial charge in [-0.05, 0) is 62.0 Å². The Kier molecular flexibility index (Phi) is 10.6. The van der Waals surface area contributed by atoms with Gasteiger partial charge in [0.25, 0.3) is 0 Å². The van der Waals surface area contributed by atoms with Crippen LogP contribution in [0.4, 0.5) is 0 Å². The van der Waals surface area contributed by atoms with Crippen molar-refractivity contribution in [1.29, 1.82) is 0 Å². The maximum absolute atomic E-state index is 14.0. The molecule has 13 heteroatoms. The van der Waals surface area contributed by atoms with Gasteiger partial charge in [-0.1, -0.05) is 27.0 Å². The van der Waals surface area contributed by atoms with Crippen molar-refractivity contribution in [1.82, 2.24) is 0 Å². The lowest BCUT2D eigenvalue weighted by Crippen LogP contribution is -2.62. The van der Waals surface area contributed by atoms with E-state index in [0.717, 1.165) is 36.8 Å². The minimum Gasteiger partial charge on any atom is -0.459 e. The van der Waals surface area contributed by atoms with Crippen molar-refractivity contribution in [2.75, 3.05) is 13.7 Å². The Labute approximate surface area is 318 Å². The number of aliphatic hydroxyl groups excluding tert-OH is 2. The third kappa shape index (κ3) is 6.84. The summed E-state index contributed by atoms with van der Waals surface area (Å²) in [4.78, 5) is 14.0. The normalized spacial score (nSPS) is 53.4. The topological polar surface area (TPSA) is 150 Å². The van der Waals surface area contributed by atoms with Crippen molar-refractivity contribution in [3.05, 3.63) is 24.3 Å². The van der Waals surface area contributed by atoms with Gasteiger partial charge in [-0.3, -0.25) is 4.79 Å². The van der Waals surface area contributed by atoms with Crippen molar-refractivity contribution in [2.24, 2.45) is 11.8 Å². The van der Waals surface area contributed by atoms with Crippen molar-refractivity contribution < 1.29 is 62.4 Å². The van der Waals surface area contributed by atoms with Gasteiger partial charge in [-0.2, -0.15) is 0 Å². The van der Waals surface area contributed by atoms with Crippen molar-refractivity contribution in [3.63, 3.8) is 0 Å². The minimum absolute atomic E-state index is 0.0285. The fraction of sp³-hybridized carbons (Fsp3) is 0.878. The van der Waals surface area contributed by atoms with Crippen LogP contribution in [0.5, 0.6) is 0 Å². The van der Waals surface area contributed by atoms with Crippen LogP contribution >= 0.6 is 0 Å². The standard InChI is InChI=1S/C41H60O13/c1-19-10-12-41-18-32-37(53-41)38-39(51-32)40(54-41)36-28(50-38)9-7-24(47-36)15-33(44)52-35-22(4)34-30(16-25(43)27(49-34)11-13-42)48-31(35)17-29-21(3)20(2)14-23(46-29)6-8-26(19)45-5/h20,22-32,34-40,42-43H,1,3,6-18H2,2,4-5H3/t20-,22+,23?,24-,25-,26+,27-,28+,29-,30+,31+,32?,34+,35-,36+,37+,38+,39-,40+,41+/m1/s1. The number of hydrogen-bond donors (Lipinski definition) is 2. The highest BCUT2D eigenvalue weighted by Gasteiger charge is 2.68. The zero-order chi connectivity index (χ0) is 37.5. The monoisotopic (exact) mass is 760 g/mol. The highest BCUT2D eigenvalue weighted by Crippen LogP contribution is 2.54. The van der Waals surface area contributed by atoms with Crippen molar-refractivity contribution in [3.8, 4) is 0 Å². The van der Waals surface area contributed by atoms with Gasteiger partial charge >= 0.3 is 5.97 Å². The summed E-state index contributed by atoms with van der Waals surface area (Å²) in [5, 5.41) is 20.6. The van der Waals surface area contributed by atoms with Gasteiger partial charge in [0, 0.05) is 45.3 Å². The lowest BCUT2D eigenvalue weighted by Gasteiger charge is -2.51. The van der Waals surface area contributed by atoms with E-state index in [1.54, 1.807) is 7.11 Å². The van der Waals surface area contributed by atoms with Crippen LogP contribution in [-0.4, -0.2) is 139 Å². The molecule has 0 radical (unpaired) electrons. The molecular weight excluding hydrogens is 700 g/mol. The second kappa shape index (κ2) is 15.0. The van der Waals surface area contributed by atoms with Gasteiger partial charge in [0.2, 0.25) is 0 Å². The number of esters is 1. The maximum atomic E-state index is 14.0. The molecule has 2 N–H and O–H groups in total. The van der Waals surface area contributed by atoms with Crippen LogP contribution in [0.1, 0.15) is 90.9 Å². The first-order valence-corrected chi connectivity index (χ1v) is 20.7. The molecule has 10 heterocycles. The van der Waals surface area contributed by atoms with Crippen LogP contribution in [0.3, 0.4) is 0 Å². The highest BCUT2D eigenvalue weighted by atomic mass is 16.8. The molecule has 10 saturated heterocycles. The summed E-state index contributed by atoms with van der Waals surface area (Å²) in [6, 6.07) is 0. The van der Waals surface area contributed by atoms with E-state index in [1.807, 2.05) is 6.92 Å². The Hall–Kier alpha value is -1.49. The van der Waals surface area contributed by atoms with Gasteiger partial charge in [-0.25, -0.2) is 0 Å². The molecule has 20 atom stereocenters. The molecule has 0 aromatic carbocycles. The summed E-state index contributed by atoms with van der Waals surface area (Å²) in [6.07, 6.45) is 0.881. The largest absolute Gasteiger partial charge is 0.459 e. The van der Waals surface area contributed by atoms with Gasteiger partial charge in [0.1, 0.15) is 36.6 Å². The lowest BCUT2D eigenvalue weighted by molar-refractivity contribution is -0.292. The average molecular weight is 761 g/mol. The van der Waals surface area contributed by atoms with Gasteiger partial charge in [-0.15, -0.1) is 0 Å². The van der Waals surface area contributed by atoms with E-state index in [4.69, 9.17) is 47.4 Å². The molecule has 0 aromatic rings. The summed E-state index contributed by atoms with van der Waals surface area (Å²) >= 11 is 0. The number of carbonyl (C=O) groups excluding carboxylic acids is 1. The quantitative estimate of drug-likeness (QED) is 0.320. The minimum atomic E-state index is -0.843. The molecule has 0 amide bonds. The predicted molar refractivity (Wildman–Crippen MR) is 190 cm³/mol. The first kappa shape index (κ1) is 38.1. The van der Waals surface area contributed by atoms with Crippen LogP contribution in [0.15, 0.2) is 24.3 Å². The zero-order valence-corrected chi connectivity index (χ0v) is 32.0. The molecule has 13 nitrogen and oxygen atoms in total. The number of ether oxygens (including phenoxy) is 10. The average Bonchev–Trinajstić information content (AvgIpc) is 3.56. The Morgan fingerprint density at radius 2 is 1.54 bits per heavy atom. The second-order valence-corrected chi connectivity index (χ2v) is 17.7. The number of fused-ring (bicyclic) bond motifs is 5. The number of hydrogen-bond acceptors (Lipinski definition) is 13. The Balaban J connectivity index is 1.00. The summed E-state index contributed by atoms with van der Waals surface area (Å²) in [5.41, 5.74) is 2.00. The van der Waals surface area contributed by atoms with E-state index in [-0.39, 0.29) is 79.7 Å². The van der Waals surface area contributed by atoms with Gasteiger partial charge < -0.3 is 57.6 Å². The van der Waals surface area contributed by atoms with Crippen LogP contribution in [-0.2, 0) is 52.2 Å². The van der Waals surface area contributed by atoms with E-state index < -0.39 is 60.7 Å². The Bertz CT molecular complexity index is 1420. The maximum Gasteiger partial charge on any atom is 0.308 e. The molecule has 0 saturated carbocycles. The summed E-state index contributed by atoms with van der Waals surface area (Å²) in [5.74, 6) is -1.24. The van der Waals surface area contributed by atoms with Gasteiger partial charge in [0.15, 0.2) is 5.79 Å². The zero-order valence-electron chi connectivity index (χ0n) is 32.0. The van der Waals surface area contributed by atoms with Crippen LogP contribution in [0.25, 0.3) is 0 Å². The number of rotatable bonds is 3. The molecule has 10 bridgehead atoms. The molecular formula is C41H60O13. The molecule has 10 aliphatic rings. The molecule has 0 aliphatic carbocycles. The van der Waals surface area contributed by atoms with Crippen LogP contribution in [0, 0.1) is 11.8 Å². The molecule has 10 aliphatic heterocycles. The number of aliphatic hydroxyl groups is 2. The lowest BCUT2D eigenvalue weighted by atomic mass is 9.79. The highest BCUT2D eigenvalue weighted by molar-refractivity contribution is 5.70. The van der Waals surface area contributed by atoms with E-state index in [1.165, 1.54) is 0 Å². The first-order valence-electron chi connectivity index (χ1n) is 20.7. The molecule has 0 aromatic heterocycles. The fourth-order valence-electron chi connectivity index (χ4n) is 11.3. The molecule has 2 unspecified atom stereocenters. The predicted octanol–water partition coefficient (Wildman–Crippen LogP) is 3.44. The third-order valence-electron chi connectivity index (χ3n) is 14.2. The molecule has 10 rings (SSSR count). The number of methoxy groups -OCH3 is 1. The van der Waals surface area contributed by atoms with E-state index in [0.29, 0.717) is 44.9 Å². The molecule has 54 heavy (non-hydrogen) atoms. The number of carbonyl (C=O) groups is 1. The van der Waals surface area contributed by atoms with Crippen molar-refractivity contribution in [2.45, 2.75) is 200 Å². The Morgan fingerprint density at radius 3 is 2.35 bits per heavy atom. The fourth-order valence-corrected chi connectivity index (χ4v) is 11.3. The van der Waals surface area contributed by atoms with Crippen molar-refractivity contribution >= 4 is 5.97 Å². The molecule has 10 fully saturated rings. The summed E-state index contributed by atoms with van der Waals surface area (Å²) < 4.78 is 66.1. The first-order chi connectivity index (χ1) is 26.0. The summed E-state index contributed by atoms with van der Waals surface area (Å²) in [6.45, 7) is 13.1. The smallest absolute Gasteiger partial charge is 0.308 e. The van der Waals surface area contributed by atoms with Crippen LogP contribution in [0.2, 0.25) is 0 Å². The van der Waals surface area contributed by atoms with E-state index >= 15 is 0 Å². The molecule has 1 spiro atoms. The Morgan fingerprint density at radius 1 is 0.778 bits per heavy atom. The summed E-state index contributed by atoms with van der Waals surface area (Å²) in [7, 11) is 1.74.